The lowest BCUT2D eigenvalue weighted by Gasteiger charge is -2.24. The quantitative estimate of drug-likeness (QED) is 0.778. The van der Waals surface area contributed by atoms with Crippen molar-refractivity contribution in [3.05, 3.63) is 35.4 Å². The number of benzene rings is 1. The van der Waals surface area contributed by atoms with E-state index in [2.05, 4.69) is 43.4 Å². The van der Waals surface area contributed by atoms with Crippen molar-refractivity contribution in [2.45, 2.75) is 58.6 Å². The molecule has 0 aromatic heterocycles. The molecule has 0 aliphatic carbocycles. The minimum absolute atomic E-state index is 0.434. The molecule has 1 rings (SSSR count). The fraction of sp³-hybridized carbons (Fsp3) is 0.625. The highest BCUT2D eigenvalue weighted by Crippen LogP contribution is 2.10. The molecular weight excluding hydrogens is 222 g/mol. The molecule has 0 fully saturated rings. The Bertz CT molecular complexity index is 360. The Morgan fingerprint density at radius 2 is 2.11 bits per heavy atom. The first-order chi connectivity index (χ1) is 8.43. The van der Waals surface area contributed by atoms with E-state index in [1.54, 1.807) is 0 Å². The Kier molecular flexibility index (Phi) is 5.83. The van der Waals surface area contributed by atoms with Crippen LogP contribution in [0.1, 0.15) is 44.7 Å². The summed E-state index contributed by atoms with van der Waals surface area (Å²) in [5, 5.41) is 13.3. The molecule has 0 radical (unpaired) electrons. The van der Waals surface area contributed by atoms with Gasteiger partial charge in [0.25, 0.3) is 0 Å². The van der Waals surface area contributed by atoms with E-state index in [1.165, 1.54) is 11.1 Å². The van der Waals surface area contributed by atoms with Crippen molar-refractivity contribution in [2.24, 2.45) is 0 Å². The molecule has 0 amide bonds. The summed E-state index contributed by atoms with van der Waals surface area (Å²) >= 11 is 0. The zero-order chi connectivity index (χ0) is 13.6. The van der Waals surface area contributed by atoms with Crippen LogP contribution >= 0.6 is 0 Å². The van der Waals surface area contributed by atoms with E-state index >= 15 is 0 Å². The molecule has 1 aromatic carbocycles. The maximum absolute atomic E-state index is 9.93. The van der Waals surface area contributed by atoms with E-state index in [4.69, 9.17) is 0 Å². The summed E-state index contributed by atoms with van der Waals surface area (Å²) in [6.45, 7) is 8.87. The van der Waals surface area contributed by atoms with Crippen molar-refractivity contribution >= 4 is 0 Å². The van der Waals surface area contributed by atoms with Gasteiger partial charge in [-0.1, -0.05) is 36.8 Å². The van der Waals surface area contributed by atoms with Crippen molar-refractivity contribution < 1.29 is 5.11 Å². The predicted octanol–water partition coefficient (Wildman–Crippen LogP) is 3.07. The van der Waals surface area contributed by atoms with Crippen LogP contribution in [0, 0.1) is 6.92 Å². The number of hydrogen-bond donors (Lipinski definition) is 2. The molecule has 2 atom stereocenters. The van der Waals surface area contributed by atoms with Crippen molar-refractivity contribution in [3.8, 4) is 0 Å². The highest BCUT2D eigenvalue weighted by Gasteiger charge is 2.17. The van der Waals surface area contributed by atoms with Gasteiger partial charge in [0.2, 0.25) is 0 Å². The van der Waals surface area contributed by atoms with Gasteiger partial charge in [0.1, 0.15) is 0 Å². The van der Waals surface area contributed by atoms with Crippen molar-refractivity contribution in [3.63, 3.8) is 0 Å². The second-order valence-electron chi connectivity index (χ2n) is 5.66. The van der Waals surface area contributed by atoms with Gasteiger partial charge >= 0.3 is 0 Å². The van der Waals surface area contributed by atoms with E-state index in [-0.39, 0.29) is 0 Å². The number of aryl methyl sites for hydroxylation is 2. The molecule has 0 heterocycles. The number of rotatable bonds is 7. The molecule has 0 aliphatic heterocycles. The van der Waals surface area contributed by atoms with Crippen molar-refractivity contribution in [2.75, 3.05) is 6.54 Å². The molecule has 2 N–H and O–H groups in total. The lowest BCUT2D eigenvalue weighted by molar-refractivity contribution is 0.0531. The minimum atomic E-state index is -0.586. The van der Waals surface area contributed by atoms with Crippen molar-refractivity contribution in [1.82, 2.24) is 5.32 Å². The van der Waals surface area contributed by atoms with E-state index in [0.29, 0.717) is 12.6 Å². The average molecular weight is 249 g/mol. The number of aliphatic hydroxyl groups is 1. The van der Waals surface area contributed by atoms with Crippen LogP contribution in [0.2, 0.25) is 0 Å². The summed E-state index contributed by atoms with van der Waals surface area (Å²) in [4.78, 5) is 0. The zero-order valence-corrected chi connectivity index (χ0v) is 12.2. The molecule has 102 valence electrons. The maximum atomic E-state index is 9.93. The summed E-state index contributed by atoms with van der Waals surface area (Å²) in [5.41, 5.74) is 2.13. The first kappa shape index (κ1) is 15.2. The normalized spacial score (nSPS) is 16.3. The third-order valence-electron chi connectivity index (χ3n) is 3.54. The summed E-state index contributed by atoms with van der Waals surface area (Å²) in [5.74, 6) is 0. The third kappa shape index (κ3) is 5.65. The molecule has 1 aromatic rings. The van der Waals surface area contributed by atoms with E-state index < -0.39 is 5.60 Å². The Morgan fingerprint density at radius 3 is 2.72 bits per heavy atom. The largest absolute Gasteiger partial charge is 0.389 e. The summed E-state index contributed by atoms with van der Waals surface area (Å²) in [6.07, 6.45) is 2.97. The summed E-state index contributed by atoms with van der Waals surface area (Å²) in [6, 6.07) is 9.11. The van der Waals surface area contributed by atoms with E-state index in [0.717, 1.165) is 19.3 Å². The lowest BCUT2D eigenvalue weighted by Crippen LogP contribution is -2.41. The van der Waals surface area contributed by atoms with Gasteiger partial charge in [-0.3, -0.25) is 0 Å². The Hall–Kier alpha value is -0.860. The van der Waals surface area contributed by atoms with Crippen LogP contribution in [0.15, 0.2) is 24.3 Å². The van der Waals surface area contributed by atoms with Gasteiger partial charge in [-0.15, -0.1) is 0 Å². The molecule has 0 saturated carbocycles. The van der Waals surface area contributed by atoms with Gasteiger partial charge in [-0.05, 0) is 45.6 Å². The van der Waals surface area contributed by atoms with Gasteiger partial charge in [-0.2, -0.15) is 0 Å². The Labute approximate surface area is 111 Å². The summed E-state index contributed by atoms with van der Waals surface area (Å²) < 4.78 is 0. The van der Waals surface area contributed by atoms with Gasteiger partial charge in [-0.25, -0.2) is 0 Å². The SMILES string of the molecule is CCC(C)(O)CNC(C)CCc1cccc(C)c1. The van der Waals surface area contributed by atoms with Crippen molar-refractivity contribution in [1.29, 1.82) is 0 Å². The molecule has 0 saturated heterocycles. The Balaban J connectivity index is 2.31. The second kappa shape index (κ2) is 6.91. The van der Waals surface area contributed by atoms with Gasteiger partial charge in [0.05, 0.1) is 5.60 Å². The molecular formula is C16H27NO. The average Bonchev–Trinajstić information content (AvgIpc) is 2.34. The minimum Gasteiger partial charge on any atom is -0.389 e. The van der Waals surface area contributed by atoms with Crippen LogP contribution in [-0.2, 0) is 6.42 Å². The second-order valence-corrected chi connectivity index (χ2v) is 5.66. The highest BCUT2D eigenvalue weighted by atomic mass is 16.3. The zero-order valence-electron chi connectivity index (χ0n) is 12.2. The predicted molar refractivity (Wildman–Crippen MR) is 77.9 cm³/mol. The Morgan fingerprint density at radius 1 is 1.39 bits per heavy atom. The monoisotopic (exact) mass is 249 g/mol. The lowest BCUT2D eigenvalue weighted by atomic mass is 10.0. The highest BCUT2D eigenvalue weighted by molar-refractivity contribution is 5.22. The van der Waals surface area contributed by atoms with Crippen LogP contribution in [0.4, 0.5) is 0 Å². The van der Waals surface area contributed by atoms with Gasteiger partial charge in [0, 0.05) is 12.6 Å². The van der Waals surface area contributed by atoms with Crippen LogP contribution in [0.25, 0.3) is 0 Å². The van der Waals surface area contributed by atoms with Gasteiger partial charge < -0.3 is 10.4 Å². The smallest absolute Gasteiger partial charge is 0.0741 e. The first-order valence-corrected chi connectivity index (χ1v) is 6.94. The third-order valence-corrected chi connectivity index (χ3v) is 3.54. The first-order valence-electron chi connectivity index (χ1n) is 6.94. The fourth-order valence-corrected chi connectivity index (χ4v) is 1.87. The molecule has 0 bridgehead atoms. The van der Waals surface area contributed by atoms with Crippen LogP contribution in [0.5, 0.6) is 0 Å². The van der Waals surface area contributed by atoms with E-state index in [1.807, 2.05) is 13.8 Å². The van der Waals surface area contributed by atoms with Crippen LogP contribution < -0.4 is 5.32 Å². The number of nitrogens with one attached hydrogen (secondary N) is 1. The van der Waals surface area contributed by atoms with Crippen LogP contribution in [-0.4, -0.2) is 23.3 Å². The topological polar surface area (TPSA) is 32.3 Å². The molecule has 2 nitrogen and oxygen atoms in total. The molecule has 2 heteroatoms. The van der Waals surface area contributed by atoms with Crippen LogP contribution in [0.3, 0.4) is 0 Å². The maximum Gasteiger partial charge on any atom is 0.0741 e. The molecule has 2 unspecified atom stereocenters. The van der Waals surface area contributed by atoms with Gasteiger partial charge in [0.15, 0.2) is 0 Å². The number of hydrogen-bond acceptors (Lipinski definition) is 2. The standard InChI is InChI=1S/C16H27NO/c1-5-16(4,18)12-17-14(3)9-10-15-8-6-7-13(2)11-15/h6-8,11,14,17-18H,5,9-10,12H2,1-4H3. The molecule has 0 aliphatic rings. The molecule has 18 heavy (non-hydrogen) atoms. The molecule has 0 spiro atoms. The fourth-order valence-electron chi connectivity index (χ4n) is 1.87. The van der Waals surface area contributed by atoms with E-state index in [9.17, 15) is 5.11 Å². The summed E-state index contributed by atoms with van der Waals surface area (Å²) in [7, 11) is 0.